The van der Waals surface area contributed by atoms with Crippen LogP contribution in [0.2, 0.25) is 0 Å². The smallest absolute Gasteiger partial charge is 0.329 e. The minimum Gasteiger partial charge on any atom is -0.491 e. The molecule has 0 saturated heterocycles. The van der Waals surface area contributed by atoms with E-state index in [-0.39, 0.29) is 19.2 Å². The van der Waals surface area contributed by atoms with Crippen LogP contribution in [0, 0.1) is 0 Å². The SMILES string of the molecule is COC(=O)C(C)(COc1ccc(CCO)cc1)NC1CC1. The molecule has 1 unspecified atom stereocenters. The Hall–Kier alpha value is -1.59. The lowest BCUT2D eigenvalue weighted by Gasteiger charge is -2.28. The maximum absolute atomic E-state index is 12.0. The summed E-state index contributed by atoms with van der Waals surface area (Å²) in [4.78, 5) is 12.0. The van der Waals surface area contributed by atoms with Gasteiger partial charge in [-0.25, -0.2) is 4.79 Å². The normalized spacial score (nSPS) is 17.1. The molecule has 1 aromatic carbocycles. The average molecular weight is 293 g/mol. The van der Waals surface area contributed by atoms with Crippen molar-refractivity contribution >= 4 is 5.97 Å². The molecule has 0 aromatic heterocycles. The summed E-state index contributed by atoms with van der Waals surface area (Å²) in [6.45, 7) is 2.15. The molecular weight excluding hydrogens is 270 g/mol. The van der Waals surface area contributed by atoms with Gasteiger partial charge in [-0.1, -0.05) is 12.1 Å². The first-order valence-corrected chi connectivity index (χ1v) is 7.26. The van der Waals surface area contributed by atoms with Gasteiger partial charge in [-0.3, -0.25) is 5.32 Å². The molecule has 0 radical (unpaired) electrons. The van der Waals surface area contributed by atoms with E-state index in [4.69, 9.17) is 14.6 Å². The fraction of sp³-hybridized carbons (Fsp3) is 0.562. The van der Waals surface area contributed by atoms with Crippen LogP contribution in [0.1, 0.15) is 25.3 Å². The number of nitrogens with one attached hydrogen (secondary N) is 1. The van der Waals surface area contributed by atoms with E-state index in [2.05, 4.69) is 5.32 Å². The van der Waals surface area contributed by atoms with Gasteiger partial charge in [-0.15, -0.1) is 0 Å². The van der Waals surface area contributed by atoms with E-state index in [1.54, 1.807) is 6.92 Å². The molecule has 1 fully saturated rings. The first kappa shape index (κ1) is 15.8. The zero-order chi connectivity index (χ0) is 15.3. The second-order valence-corrected chi connectivity index (χ2v) is 5.65. The number of hydrogen-bond acceptors (Lipinski definition) is 5. The average Bonchev–Trinajstić information content (AvgIpc) is 3.30. The molecule has 1 saturated carbocycles. The Kier molecular flexibility index (Phi) is 5.20. The third kappa shape index (κ3) is 4.44. The summed E-state index contributed by atoms with van der Waals surface area (Å²) in [5.41, 5.74) is 0.219. The predicted octanol–water partition coefficient (Wildman–Crippen LogP) is 1.28. The molecule has 2 rings (SSSR count). The Bertz CT molecular complexity index is 470. The van der Waals surface area contributed by atoms with Crippen molar-refractivity contribution in [1.82, 2.24) is 5.32 Å². The molecule has 2 N–H and O–H groups in total. The lowest BCUT2D eigenvalue weighted by atomic mass is 10.0. The summed E-state index contributed by atoms with van der Waals surface area (Å²) >= 11 is 0. The van der Waals surface area contributed by atoms with Gasteiger partial charge in [0.05, 0.1) is 7.11 Å². The molecule has 5 nitrogen and oxygen atoms in total. The van der Waals surface area contributed by atoms with Crippen LogP contribution in [0.15, 0.2) is 24.3 Å². The number of hydrogen-bond donors (Lipinski definition) is 2. The number of aliphatic hydroxyl groups excluding tert-OH is 1. The fourth-order valence-electron chi connectivity index (χ4n) is 2.17. The highest BCUT2D eigenvalue weighted by atomic mass is 16.5. The third-order valence-electron chi connectivity index (χ3n) is 3.59. The largest absolute Gasteiger partial charge is 0.491 e. The van der Waals surface area contributed by atoms with E-state index >= 15 is 0 Å². The highest BCUT2D eigenvalue weighted by molar-refractivity contribution is 5.80. The Morgan fingerprint density at radius 3 is 2.57 bits per heavy atom. The number of benzene rings is 1. The number of carbonyl (C=O) groups is 1. The summed E-state index contributed by atoms with van der Waals surface area (Å²) < 4.78 is 10.6. The van der Waals surface area contributed by atoms with E-state index in [1.165, 1.54) is 7.11 Å². The van der Waals surface area contributed by atoms with E-state index in [1.807, 2.05) is 24.3 Å². The number of esters is 1. The van der Waals surface area contributed by atoms with Crippen LogP contribution in [0.25, 0.3) is 0 Å². The van der Waals surface area contributed by atoms with E-state index in [9.17, 15) is 4.79 Å². The quantitative estimate of drug-likeness (QED) is 0.707. The van der Waals surface area contributed by atoms with Crippen LogP contribution < -0.4 is 10.1 Å². The molecule has 1 aliphatic rings. The summed E-state index contributed by atoms with van der Waals surface area (Å²) in [5.74, 6) is 0.385. The van der Waals surface area contributed by atoms with Gasteiger partial charge in [0.1, 0.15) is 17.9 Å². The number of aliphatic hydroxyl groups is 1. The highest BCUT2D eigenvalue weighted by Crippen LogP contribution is 2.24. The van der Waals surface area contributed by atoms with Crippen LogP contribution in [-0.4, -0.2) is 43.0 Å². The molecule has 1 atom stereocenters. The molecular formula is C16H23NO4. The molecule has 5 heteroatoms. The molecule has 0 spiro atoms. The van der Waals surface area contributed by atoms with Gasteiger partial charge < -0.3 is 14.6 Å². The molecule has 0 heterocycles. The maximum Gasteiger partial charge on any atom is 0.329 e. The van der Waals surface area contributed by atoms with Gasteiger partial charge in [0.25, 0.3) is 0 Å². The first-order valence-electron chi connectivity index (χ1n) is 7.26. The summed E-state index contributed by atoms with van der Waals surface area (Å²) in [5, 5.41) is 12.2. The number of methoxy groups -OCH3 is 1. The molecule has 116 valence electrons. The van der Waals surface area contributed by atoms with Crippen molar-refractivity contribution in [3.63, 3.8) is 0 Å². The van der Waals surface area contributed by atoms with Crippen molar-refractivity contribution in [2.75, 3.05) is 20.3 Å². The van der Waals surface area contributed by atoms with Crippen molar-refractivity contribution < 1.29 is 19.4 Å². The van der Waals surface area contributed by atoms with Gasteiger partial charge >= 0.3 is 5.97 Å². The van der Waals surface area contributed by atoms with Gasteiger partial charge in [0.15, 0.2) is 0 Å². The van der Waals surface area contributed by atoms with Gasteiger partial charge in [0, 0.05) is 12.6 Å². The third-order valence-corrected chi connectivity index (χ3v) is 3.59. The molecule has 1 aromatic rings. The van der Waals surface area contributed by atoms with E-state index in [0.29, 0.717) is 18.2 Å². The maximum atomic E-state index is 12.0. The Labute approximate surface area is 125 Å². The van der Waals surface area contributed by atoms with Crippen molar-refractivity contribution in [3.8, 4) is 5.75 Å². The topological polar surface area (TPSA) is 67.8 Å². The van der Waals surface area contributed by atoms with Gasteiger partial charge in [-0.05, 0) is 43.9 Å². The summed E-state index contributed by atoms with van der Waals surface area (Å²) in [6, 6.07) is 7.90. The number of carbonyl (C=O) groups excluding carboxylic acids is 1. The fourth-order valence-corrected chi connectivity index (χ4v) is 2.17. The van der Waals surface area contributed by atoms with Crippen molar-refractivity contribution in [3.05, 3.63) is 29.8 Å². The summed E-state index contributed by atoms with van der Waals surface area (Å²) in [6.07, 6.45) is 2.80. The van der Waals surface area contributed by atoms with Crippen LogP contribution in [0.5, 0.6) is 5.75 Å². The number of rotatable bonds is 8. The summed E-state index contributed by atoms with van der Waals surface area (Å²) in [7, 11) is 1.39. The van der Waals surface area contributed by atoms with E-state index in [0.717, 1.165) is 18.4 Å². The minimum atomic E-state index is -0.834. The van der Waals surface area contributed by atoms with Gasteiger partial charge in [0.2, 0.25) is 0 Å². The molecule has 0 amide bonds. The van der Waals surface area contributed by atoms with Crippen LogP contribution in [-0.2, 0) is 16.0 Å². The predicted molar refractivity (Wildman–Crippen MR) is 79.3 cm³/mol. The van der Waals surface area contributed by atoms with Crippen LogP contribution in [0.3, 0.4) is 0 Å². The Morgan fingerprint density at radius 1 is 1.38 bits per heavy atom. The zero-order valence-electron chi connectivity index (χ0n) is 12.6. The van der Waals surface area contributed by atoms with Gasteiger partial charge in [-0.2, -0.15) is 0 Å². The Morgan fingerprint density at radius 2 is 2.05 bits per heavy atom. The van der Waals surface area contributed by atoms with Crippen LogP contribution in [0.4, 0.5) is 0 Å². The van der Waals surface area contributed by atoms with Crippen LogP contribution >= 0.6 is 0 Å². The monoisotopic (exact) mass is 293 g/mol. The minimum absolute atomic E-state index is 0.131. The lowest BCUT2D eigenvalue weighted by molar-refractivity contribution is -0.149. The number of ether oxygens (including phenoxy) is 2. The molecule has 0 aliphatic heterocycles. The Balaban J connectivity index is 1.95. The zero-order valence-corrected chi connectivity index (χ0v) is 12.6. The van der Waals surface area contributed by atoms with Crippen molar-refractivity contribution in [2.24, 2.45) is 0 Å². The van der Waals surface area contributed by atoms with Crippen molar-refractivity contribution in [1.29, 1.82) is 0 Å². The molecule has 0 bridgehead atoms. The molecule has 1 aliphatic carbocycles. The highest BCUT2D eigenvalue weighted by Gasteiger charge is 2.40. The van der Waals surface area contributed by atoms with Crippen molar-refractivity contribution in [2.45, 2.75) is 37.8 Å². The first-order chi connectivity index (χ1) is 10.1. The van der Waals surface area contributed by atoms with E-state index < -0.39 is 5.54 Å². The lowest BCUT2D eigenvalue weighted by Crippen LogP contribution is -2.55. The molecule has 21 heavy (non-hydrogen) atoms. The standard InChI is InChI=1S/C16H23NO4/c1-16(15(19)20-2,17-13-5-6-13)11-21-14-7-3-12(4-8-14)9-10-18/h3-4,7-8,13,17-18H,5-6,9-11H2,1-2H3. The second kappa shape index (κ2) is 6.91. The second-order valence-electron chi connectivity index (χ2n) is 5.65.